The Bertz CT molecular complexity index is 1020. The van der Waals surface area contributed by atoms with Gasteiger partial charge in [-0.25, -0.2) is 9.78 Å². The van der Waals surface area contributed by atoms with Crippen molar-refractivity contribution in [1.29, 1.82) is 0 Å². The van der Waals surface area contributed by atoms with Gasteiger partial charge in [0.2, 0.25) is 0 Å². The van der Waals surface area contributed by atoms with Crippen LogP contribution < -0.4 is 5.32 Å². The fourth-order valence-corrected chi connectivity index (χ4v) is 3.88. The Morgan fingerprint density at radius 3 is 2.44 bits per heavy atom. The van der Waals surface area contributed by atoms with Crippen LogP contribution in [0.2, 0.25) is 5.02 Å². The van der Waals surface area contributed by atoms with Gasteiger partial charge in [0.15, 0.2) is 5.13 Å². The van der Waals surface area contributed by atoms with Crippen molar-refractivity contribution in [3.8, 4) is 5.69 Å². The number of hydrogen-bond donors (Lipinski definition) is 1. The molecule has 3 aromatic rings. The van der Waals surface area contributed by atoms with Gasteiger partial charge in [-0.1, -0.05) is 22.9 Å². The van der Waals surface area contributed by atoms with Crippen LogP contribution in [0.1, 0.15) is 37.1 Å². The lowest BCUT2D eigenvalue weighted by molar-refractivity contribution is 0.0605. The Morgan fingerprint density at radius 1 is 1.15 bits per heavy atom. The molecule has 140 valence electrons. The fourth-order valence-electron chi connectivity index (χ4n) is 2.80. The predicted molar refractivity (Wildman–Crippen MR) is 106 cm³/mol. The average Bonchev–Trinajstić information content (AvgIpc) is 3.16. The van der Waals surface area contributed by atoms with Crippen LogP contribution in [0, 0.1) is 20.8 Å². The van der Waals surface area contributed by atoms with Crippen molar-refractivity contribution in [3.63, 3.8) is 0 Å². The number of nitrogens with zero attached hydrogens (tertiary/aromatic N) is 2. The summed E-state index contributed by atoms with van der Waals surface area (Å²) in [6, 6.07) is 9.31. The number of aryl methyl sites for hydroxylation is 3. The zero-order chi connectivity index (χ0) is 19.7. The molecule has 0 radical (unpaired) electrons. The smallest absolute Gasteiger partial charge is 0.350 e. The molecule has 1 amide bonds. The lowest BCUT2D eigenvalue weighted by Crippen LogP contribution is -2.13. The van der Waals surface area contributed by atoms with Gasteiger partial charge in [0.1, 0.15) is 4.88 Å². The van der Waals surface area contributed by atoms with Crippen LogP contribution in [0.5, 0.6) is 0 Å². The van der Waals surface area contributed by atoms with Gasteiger partial charge in [-0.2, -0.15) is 0 Å². The van der Waals surface area contributed by atoms with Crippen LogP contribution in [0.15, 0.2) is 30.3 Å². The van der Waals surface area contributed by atoms with Gasteiger partial charge in [-0.15, -0.1) is 0 Å². The van der Waals surface area contributed by atoms with E-state index in [0.717, 1.165) is 28.4 Å². The molecule has 0 spiro atoms. The third kappa shape index (κ3) is 3.74. The van der Waals surface area contributed by atoms with Crippen molar-refractivity contribution < 1.29 is 14.3 Å². The van der Waals surface area contributed by atoms with E-state index in [1.807, 2.05) is 36.6 Å². The van der Waals surface area contributed by atoms with E-state index >= 15 is 0 Å². The first kappa shape index (κ1) is 19.1. The number of amides is 1. The summed E-state index contributed by atoms with van der Waals surface area (Å²) < 4.78 is 6.75. The number of methoxy groups -OCH3 is 1. The van der Waals surface area contributed by atoms with Gasteiger partial charge in [-0.3, -0.25) is 10.1 Å². The number of nitrogens with one attached hydrogen (secondary N) is 1. The minimum atomic E-state index is -0.482. The van der Waals surface area contributed by atoms with E-state index in [1.54, 1.807) is 19.1 Å². The summed E-state index contributed by atoms with van der Waals surface area (Å²) in [5.74, 6) is -0.876. The minimum Gasteiger partial charge on any atom is -0.465 e. The first-order valence-electron chi connectivity index (χ1n) is 8.13. The number of esters is 1. The molecule has 0 saturated carbocycles. The highest BCUT2D eigenvalue weighted by Crippen LogP contribution is 2.26. The summed E-state index contributed by atoms with van der Waals surface area (Å²) in [4.78, 5) is 29.0. The molecule has 2 aromatic heterocycles. The number of anilines is 1. The normalized spacial score (nSPS) is 10.7. The number of carbonyl (C=O) groups excluding carboxylic acids is 2. The third-order valence-electron chi connectivity index (χ3n) is 4.11. The van der Waals surface area contributed by atoms with Gasteiger partial charge in [-0.05, 0) is 51.1 Å². The third-order valence-corrected chi connectivity index (χ3v) is 5.49. The highest BCUT2D eigenvalue weighted by Gasteiger charge is 2.19. The molecule has 27 heavy (non-hydrogen) atoms. The number of thiazole rings is 1. The van der Waals surface area contributed by atoms with Gasteiger partial charge in [0.25, 0.3) is 5.91 Å². The Labute approximate surface area is 165 Å². The molecule has 0 fully saturated rings. The molecule has 1 aromatic carbocycles. The molecule has 0 aliphatic heterocycles. The Kier molecular flexibility index (Phi) is 5.34. The molecule has 2 heterocycles. The van der Waals surface area contributed by atoms with Crippen LogP contribution in [0.25, 0.3) is 5.69 Å². The maximum atomic E-state index is 12.7. The van der Waals surface area contributed by atoms with Crippen molar-refractivity contribution in [3.05, 3.63) is 62.9 Å². The van der Waals surface area contributed by atoms with Crippen LogP contribution in [-0.2, 0) is 4.74 Å². The molecule has 3 rings (SSSR count). The van der Waals surface area contributed by atoms with E-state index in [9.17, 15) is 9.59 Å². The lowest BCUT2D eigenvalue weighted by atomic mass is 10.1. The topological polar surface area (TPSA) is 73.2 Å². The summed E-state index contributed by atoms with van der Waals surface area (Å²) in [6.45, 7) is 5.67. The number of aromatic nitrogens is 2. The highest BCUT2D eigenvalue weighted by molar-refractivity contribution is 7.17. The number of ether oxygens (including phenoxy) is 1. The summed E-state index contributed by atoms with van der Waals surface area (Å²) in [5.41, 5.74) is 3.78. The molecule has 0 bridgehead atoms. The number of rotatable bonds is 4. The molecule has 1 N–H and O–H groups in total. The molecular formula is C19H18ClN3O3S. The molecule has 0 aliphatic rings. The van der Waals surface area contributed by atoms with E-state index in [0.29, 0.717) is 26.3 Å². The van der Waals surface area contributed by atoms with Crippen molar-refractivity contribution >= 4 is 39.9 Å². The van der Waals surface area contributed by atoms with Crippen LogP contribution in [0.3, 0.4) is 0 Å². The fraction of sp³-hybridized carbons (Fsp3) is 0.211. The summed E-state index contributed by atoms with van der Waals surface area (Å²) in [6.07, 6.45) is 0. The average molecular weight is 404 g/mol. The standard InChI is InChI=1S/C19H18ClN3O3S/c1-10-5-6-11(2)23(10)13-7-8-15(20)14(9-13)17(24)22-19-21-12(3)16(27-19)18(25)26-4/h5-9H,1-4H3,(H,21,22,24). The SMILES string of the molecule is COC(=O)c1sc(NC(=O)c2cc(-n3c(C)ccc3C)ccc2Cl)nc1C. The Hall–Kier alpha value is -2.64. The first-order chi connectivity index (χ1) is 12.8. The van der Waals surface area contributed by atoms with Gasteiger partial charge in [0, 0.05) is 17.1 Å². The van der Waals surface area contributed by atoms with Gasteiger partial charge in [0.05, 0.1) is 23.4 Å². The van der Waals surface area contributed by atoms with Crippen molar-refractivity contribution in [2.75, 3.05) is 12.4 Å². The molecule has 0 aliphatic carbocycles. The predicted octanol–water partition coefficient (Wildman–Crippen LogP) is 4.55. The molecule has 0 atom stereocenters. The number of benzene rings is 1. The second-order valence-electron chi connectivity index (χ2n) is 5.99. The van der Waals surface area contributed by atoms with Crippen LogP contribution in [0.4, 0.5) is 5.13 Å². The molecule has 0 saturated heterocycles. The van der Waals surface area contributed by atoms with Gasteiger partial charge >= 0.3 is 5.97 Å². The van der Waals surface area contributed by atoms with E-state index in [2.05, 4.69) is 10.3 Å². The highest BCUT2D eigenvalue weighted by atomic mass is 35.5. The van der Waals surface area contributed by atoms with Crippen molar-refractivity contribution in [2.45, 2.75) is 20.8 Å². The number of hydrogen-bond acceptors (Lipinski definition) is 5. The quantitative estimate of drug-likeness (QED) is 0.648. The minimum absolute atomic E-state index is 0.313. The maximum Gasteiger partial charge on any atom is 0.350 e. The first-order valence-corrected chi connectivity index (χ1v) is 9.33. The zero-order valence-electron chi connectivity index (χ0n) is 15.3. The van der Waals surface area contributed by atoms with E-state index in [4.69, 9.17) is 16.3 Å². The zero-order valence-corrected chi connectivity index (χ0v) is 16.9. The Morgan fingerprint density at radius 2 is 1.81 bits per heavy atom. The maximum absolute atomic E-state index is 12.7. The summed E-state index contributed by atoms with van der Waals surface area (Å²) in [5, 5.41) is 3.35. The Balaban J connectivity index is 1.91. The van der Waals surface area contributed by atoms with E-state index in [1.165, 1.54) is 7.11 Å². The molecule has 0 unspecified atom stereocenters. The molecule has 6 nitrogen and oxygen atoms in total. The largest absolute Gasteiger partial charge is 0.465 e. The second kappa shape index (κ2) is 7.54. The lowest BCUT2D eigenvalue weighted by Gasteiger charge is -2.12. The number of carbonyl (C=O) groups is 2. The van der Waals surface area contributed by atoms with Crippen LogP contribution >= 0.6 is 22.9 Å². The number of halogens is 1. The van der Waals surface area contributed by atoms with Crippen molar-refractivity contribution in [1.82, 2.24) is 9.55 Å². The molecule has 8 heteroatoms. The van der Waals surface area contributed by atoms with Gasteiger partial charge < -0.3 is 9.30 Å². The van der Waals surface area contributed by atoms with Crippen LogP contribution in [-0.4, -0.2) is 28.5 Å². The van der Waals surface area contributed by atoms with Crippen molar-refractivity contribution in [2.24, 2.45) is 0 Å². The monoisotopic (exact) mass is 403 g/mol. The summed E-state index contributed by atoms with van der Waals surface area (Å²) >= 11 is 7.31. The van der Waals surface area contributed by atoms with E-state index < -0.39 is 11.9 Å². The van der Waals surface area contributed by atoms with E-state index in [-0.39, 0.29) is 0 Å². The molecular weight excluding hydrogens is 386 g/mol. The summed E-state index contributed by atoms with van der Waals surface area (Å²) in [7, 11) is 1.30. The second-order valence-corrected chi connectivity index (χ2v) is 7.40.